The Bertz CT molecular complexity index is 1300. The highest BCUT2D eigenvalue weighted by molar-refractivity contribution is 5.95. The molecule has 0 saturated heterocycles. The summed E-state index contributed by atoms with van der Waals surface area (Å²) in [5, 5.41) is 3.61. The van der Waals surface area contributed by atoms with Crippen LogP contribution in [0.1, 0.15) is 22.4 Å². The lowest BCUT2D eigenvalue weighted by atomic mass is 10.0. The summed E-state index contributed by atoms with van der Waals surface area (Å²) in [5.74, 6) is 0.228. The molecule has 0 aliphatic heterocycles. The van der Waals surface area contributed by atoms with Gasteiger partial charge < -0.3 is 5.32 Å². The third-order valence-electron chi connectivity index (χ3n) is 5.01. The van der Waals surface area contributed by atoms with Crippen molar-refractivity contribution >= 4 is 22.6 Å². The maximum atomic E-state index is 13.1. The highest BCUT2D eigenvalue weighted by Crippen LogP contribution is 2.32. The van der Waals surface area contributed by atoms with Crippen molar-refractivity contribution in [3.8, 4) is 11.3 Å². The highest BCUT2D eigenvalue weighted by Gasteiger charge is 2.30. The Kier molecular flexibility index (Phi) is 5.65. The van der Waals surface area contributed by atoms with Gasteiger partial charge in [-0.15, -0.1) is 0 Å². The molecule has 2 heterocycles. The van der Waals surface area contributed by atoms with Gasteiger partial charge in [-0.3, -0.25) is 4.79 Å². The van der Waals surface area contributed by atoms with Gasteiger partial charge in [0, 0.05) is 16.6 Å². The van der Waals surface area contributed by atoms with Crippen LogP contribution in [0.3, 0.4) is 0 Å². The van der Waals surface area contributed by atoms with Gasteiger partial charge in [0.15, 0.2) is 0 Å². The van der Waals surface area contributed by atoms with E-state index in [1.807, 2.05) is 32.0 Å². The lowest BCUT2D eigenvalue weighted by Crippen LogP contribution is -2.16. The lowest BCUT2D eigenvalue weighted by Gasteiger charge is -2.11. The number of nitrogens with zero attached hydrogens (tertiary/aromatic N) is 2. The number of hydrogen-bond donors (Lipinski definition) is 1. The van der Waals surface area contributed by atoms with Crippen molar-refractivity contribution in [1.29, 1.82) is 0 Å². The summed E-state index contributed by atoms with van der Waals surface area (Å²) in [6, 6.07) is 17.7. The third kappa shape index (κ3) is 4.77. The average Bonchev–Trinajstić information content (AvgIpc) is 2.72. The maximum absolute atomic E-state index is 13.1. The SMILES string of the molecule is Cc1cc(C)nc(NC(=O)Cc2cccc3ccc(-c4cccc(C(F)(F)F)c4)nc23)c1. The van der Waals surface area contributed by atoms with Crippen LogP contribution in [0.5, 0.6) is 0 Å². The molecule has 0 fully saturated rings. The number of rotatable bonds is 4. The molecule has 0 radical (unpaired) electrons. The number of benzene rings is 2. The number of para-hydroxylation sites is 1. The first kappa shape index (κ1) is 21.5. The second-order valence-corrected chi connectivity index (χ2v) is 7.66. The van der Waals surface area contributed by atoms with Crippen LogP contribution in [-0.2, 0) is 17.4 Å². The summed E-state index contributed by atoms with van der Waals surface area (Å²) in [5.41, 5.74) is 3.09. The number of carbonyl (C=O) groups is 1. The fourth-order valence-electron chi connectivity index (χ4n) is 3.63. The van der Waals surface area contributed by atoms with E-state index in [-0.39, 0.29) is 12.3 Å². The first-order valence-electron chi connectivity index (χ1n) is 10.0. The number of alkyl halides is 3. The minimum Gasteiger partial charge on any atom is -0.310 e. The third-order valence-corrected chi connectivity index (χ3v) is 5.01. The van der Waals surface area contributed by atoms with Crippen molar-refractivity contribution in [2.45, 2.75) is 26.4 Å². The van der Waals surface area contributed by atoms with Gasteiger partial charge in [-0.1, -0.05) is 36.4 Å². The summed E-state index contributed by atoms with van der Waals surface area (Å²) in [6.07, 6.45) is -4.37. The predicted molar refractivity (Wildman–Crippen MR) is 118 cm³/mol. The van der Waals surface area contributed by atoms with E-state index in [9.17, 15) is 18.0 Å². The van der Waals surface area contributed by atoms with E-state index in [0.717, 1.165) is 28.8 Å². The molecule has 1 N–H and O–H groups in total. The number of amides is 1. The normalized spacial score (nSPS) is 11.5. The van der Waals surface area contributed by atoms with E-state index in [1.165, 1.54) is 6.07 Å². The Hall–Kier alpha value is -3.74. The molecule has 0 aliphatic rings. The molecule has 2 aromatic carbocycles. The molecular weight excluding hydrogens is 415 g/mol. The fraction of sp³-hybridized carbons (Fsp3) is 0.160. The van der Waals surface area contributed by atoms with Crippen molar-refractivity contribution in [3.63, 3.8) is 0 Å². The molecule has 0 spiro atoms. The molecule has 0 bridgehead atoms. The van der Waals surface area contributed by atoms with E-state index in [4.69, 9.17) is 0 Å². The second kappa shape index (κ2) is 8.42. The molecular formula is C25H20F3N3O. The summed E-state index contributed by atoms with van der Waals surface area (Å²) in [6.45, 7) is 3.78. The van der Waals surface area contributed by atoms with E-state index in [2.05, 4.69) is 15.3 Å². The number of anilines is 1. The van der Waals surface area contributed by atoms with Gasteiger partial charge in [-0.2, -0.15) is 13.2 Å². The number of carbonyl (C=O) groups excluding carboxylic acids is 1. The molecule has 4 nitrogen and oxygen atoms in total. The largest absolute Gasteiger partial charge is 0.416 e. The lowest BCUT2D eigenvalue weighted by molar-refractivity contribution is -0.137. The van der Waals surface area contributed by atoms with E-state index in [0.29, 0.717) is 28.2 Å². The summed E-state index contributed by atoms with van der Waals surface area (Å²) < 4.78 is 39.3. The number of halogens is 3. The number of nitrogens with one attached hydrogen (secondary N) is 1. The van der Waals surface area contributed by atoms with Gasteiger partial charge in [0.05, 0.1) is 23.2 Å². The minimum absolute atomic E-state index is 0.0606. The van der Waals surface area contributed by atoms with Crippen molar-refractivity contribution in [3.05, 3.63) is 89.1 Å². The summed E-state index contributed by atoms with van der Waals surface area (Å²) >= 11 is 0. The van der Waals surface area contributed by atoms with Crippen molar-refractivity contribution in [2.75, 3.05) is 5.32 Å². The molecule has 0 unspecified atom stereocenters. The standard InChI is InChI=1S/C25H20F3N3O/c1-15-11-16(2)29-22(12-15)31-23(32)14-19-7-3-5-17-9-10-21(30-24(17)19)18-6-4-8-20(13-18)25(26,27)28/h3-13H,14H2,1-2H3,(H,29,31,32). The molecule has 0 aliphatic carbocycles. The number of aryl methyl sites for hydroxylation is 2. The first-order chi connectivity index (χ1) is 15.2. The Morgan fingerprint density at radius 3 is 2.47 bits per heavy atom. The molecule has 4 aromatic rings. The zero-order valence-corrected chi connectivity index (χ0v) is 17.5. The molecule has 4 rings (SSSR count). The van der Waals surface area contributed by atoms with Crippen LogP contribution in [0.4, 0.5) is 19.0 Å². The van der Waals surface area contributed by atoms with Crippen LogP contribution in [0.2, 0.25) is 0 Å². The predicted octanol–water partition coefficient (Wildman–Crippen LogP) is 6.11. The van der Waals surface area contributed by atoms with E-state index >= 15 is 0 Å². The molecule has 0 atom stereocenters. The van der Waals surface area contributed by atoms with E-state index in [1.54, 1.807) is 30.3 Å². The first-order valence-corrected chi connectivity index (χ1v) is 10.0. The van der Waals surface area contributed by atoms with Crippen molar-refractivity contribution < 1.29 is 18.0 Å². The van der Waals surface area contributed by atoms with Gasteiger partial charge in [0.25, 0.3) is 0 Å². The Morgan fingerprint density at radius 1 is 0.938 bits per heavy atom. The summed E-state index contributed by atoms with van der Waals surface area (Å²) in [7, 11) is 0. The van der Waals surface area contributed by atoms with Crippen LogP contribution in [-0.4, -0.2) is 15.9 Å². The highest BCUT2D eigenvalue weighted by atomic mass is 19.4. The number of aromatic nitrogens is 2. The number of fused-ring (bicyclic) bond motifs is 1. The summed E-state index contributed by atoms with van der Waals surface area (Å²) in [4.78, 5) is 21.6. The second-order valence-electron chi connectivity index (χ2n) is 7.66. The monoisotopic (exact) mass is 435 g/mol. The molecule has 32 heavy (non-hydrogen) atoms. The molecule has 162 valence electrons. The van der Waals surface area contributed by atoms with Gasteiger partial charge in [0.2, 0.25) is 5.91 Å². The quantitative estimate of drug-likeness (QED) is 0.421. The van der Waals surface area contributed by atoms with Gasteiger partial charge >= 0.3 is 6.18 Å². The van der Waals surface area contributed by atoms with Crippen LogP contribution in [0, 0.1) is 13.8 Å². The Labute approximate surface area is 183 Å². The van der Waals surface area contributed by atoms with E-state index < -0.39 is 11.7 Å². The molecule has 2 aromatic heterocycles. The zero-order valence-electron chi connectivity index (χ0n) is 17.5. The molecule has 1 amide bonds. The Morgan fingerprint density at radius 2 is 1.72 bits per heavy atom. The molecule has 0 saturated carbocycles. The zero-order chi connectivity index (χ0) is 22.9. The minimum atomic E-state index is -4.43. The smallest absolute Gasteiger partial charge is 0.310 e. The average molecular weight is 435 g/mol. The Balaban J connectivity index is 1.65. The van der Waals surface area contributed by atoms with Crippen molar-refractivity contribution in [2.24, 2.45) is 0 Å². The topological polar surface area (TPSA) is 54.9 Å². The fourth-order valence-corrected chi connectivity index (χ4v) is 3.63. The van der Waals surface area contributed by atoms with Gasteiger partial charge in [-0.05, 0) is 55.3 Å². The van der Waals surface area contributed by atoms with Crippen molar-refractivity contribution in [1.82, 2.24) is 9.97 Å². The van der Waals surface area contributed by atoms with Crippen LogP contribution >= 0.6 is 0 Å². The van der Waals surface area contributed by atoms with Crippen LogP contribution in [0.15, 0.2) is 66.7 Å². The van der Waals surface area contributed by atoms with Crippen LogP contribution in [0.25, 0.3) is 22.2 Å². The number of hydrogen-bond acceptors (Lipinski definition) is 3. The van der Waals surface area contributed by atoms with Gasteiger partial charge in [-0.25, -0.2) is 9.97 Å². The number of pyridine rings is 2. The molecule has 7 heteroatoms. The maximum Gasteiger partial charge on any atom is 0.416 e. The van der Waals surface area contributed by atoms with Crippen LogP contribution < -0.4 is 5.32 Å². The van der Waals surface area contributed by atoms with Gasteiger partial charge in [0.1, 0.15) is 5.82 Å².